The lowest BCUT2D eigenvalue weighted by Gasteiger charge is -2.18. The maximum atomic E-state index is 10.6. The third-order valence-electron chi connectivity index (χ3n) is 3.07. The highest BCUT2D eigenvalue weighted by atomic mass is 16.3. The highest BCUT2D eigenvalue weighted by molar-refractivity contribution is 5.73. The summed E-state index contributed by atoms with van der Waals surface area (Å²) in [5, 5.41) is 9.67. The first kappa shape index (κ1) is 16.4. The van der Waals surface area contributed by atoms with E-state index < -0.39 is 6.10 Å². The molecule has 17 heavy (non-hydrogen) atoms. The molecule has 0 saturated heterocycles. The molecule has 0 rings (SSSR count). The van der Waals surface area contributed by atoms with Gasteiger partial charge in [-0.3, -0.25) is 4.79 Å². The summed E-state index contributed by atoms with van der Waals surface area (Å²) in [6.45, 7) is 2.20. The monoisotopic (exact) mass is 244 g/mol. The van der Waals surface area contributed by atoms with Crippen LogP contribution in [0.25, 0.3) is 0 Å². The molecular weight excluding hydrogens is 216 g/mol. The number of hydrogen-bond donors (Lipinski definition) is 3. The lowest BCUT2D eigenvalue weighted by molar-refractivity contribution is -0.118. The molecule has 0 saturated carbocycles. The van der Waals surface area contributed by atoms with Crippen LogP contribution >= 0.6 is 0 Å². The lowest BCUT2D eigenvalue weighted by Crippen LogP contribution is -2.35. The van der Waals surface area contributed by atoms with Gasteiger partial charge in [-0.25, -0.2) is 0 Å². The van der Waals surface area contributed by atoms with E-state index >= 15 is 0 Å². The van der Waals surface area contributed by atoms with Crippen LogP contribution in [-0.4, -0.2) is 23.2 Å². The number of rotatable bonds is 11. The van der Waals surface area contributed by atoms with Gasteiger partial charge in [0, 0.05) is 12.5 Å². The highest BCUT2D eigenvalue weighted by Crippen LogP contribution is 2.11. The van der Waals surface area contributed by atoms with Crippen molar-refractivity contribution in [3.63, 3.8) is 0 Å². The van der Waals surface area contributed by atoms with Crippen LogP contribution in [0, 0.1) is 0 Å². The second kappa shape index (κ2) is 10.5. The van der Waals surface area contributed by atoms with Gasteiger partial charge in [0.1, 0.15) is 0 Å². The van der Waals surface area contributed by atoms with Crippen LogP contribution in [0.5, 0.6) is 0 Å². The smallest absolute Gasteiger partial charge is 0.217 e. The first-order chi connectivity index (χ1) is 8.07. The van der Waals surface area contributed by atoms with Gasteiger partial charge in [-0.1, -0.05) is 45.4 Å². The first-order valence-electron chi connectivity index (χ1n) is 6.79. The number of carbonyl (C=O) groups is 1. The number of aliphatic hydroxyl groups is 1. The molecule has 0 aliphatic carbocycles. The van der Waals surface area contributed by atoms with Crippen LogP contribution < -0.4 is 11.5 Å². The summed E-state index contributed by atoms with van der Waals surface area (Å²) in [7, 11) is 0. The van der Waals surface area contributed by atoms with Gasteiger partial charge >= 0.3 is 0 Å². The molecule has 0 aromatic carbocycles. The van der Waals surface area contributed by atoms with Crippen molar-refractivity contribution in [1.82, 2.24) is 0 Å². The van der Waals surface area contributed by atoms with Gasteiger partial charge in [0.25, 0.3) is 0 Å². The van der Waals surface area contributed by atoms with Crippen molar-refractivity contribution in [1.29, 1.82) is 0 Å². The van der Waals surface area contributed by atoms with Gasteiger partial charge in [0.05, 0.1) is 6.10 Å². The Balaban J connectivity index is 3.43. The molecule has 0 spiro atoms. The Morgan fingerprint density at radius 2 is 1.71 bits per heavy atom. The van der Waals surface area contributed by atoms with Gasteiger partial charge in [0.2, 0.25) is 5.91 Å². The van der Waals surface area contributed by atoms with Crippen LogP contribution in [-0.2, 0) is 4.79 Å². The van der Waals surface area contributed by atoms with Crippen molar-refractivity contribution < 1.29 is 9.90 Å². The van der Waals surface area contributed by atoms with Crippen molar-refractivity contribution in [2.24, 2.45) is 11.5 Å². The molecule has 0 radical (unpaired) electrons. The van der Waals surface area contributed by atoms with Gasteiger partial charge in [0.15, 0.2) is 0 Å². The molecule has 4 heteroatoms. The summed E-state index contributed by atoms with van der Waals surface area (Å²) in [5.41, 5.74) is 10.9. The van der Waals surface area contributed by atoms with E-state index in [0.29, 0.717) is 6.42 Å². The zero-order chi connectivity index (χ0) is 13.1. The van der Waals surface area contributed by atoms with Crippen molar-refractivity contribution >= 4 is 5.91 Å². The maximum Gasteiger partial charge on any atom is 0.217 e. The van der Waals surface area contributed by atoms with Crippen molar-refractivity contribution in [2.45, 2.75) is 76.9 Å². The average molecular weight is 244 g/mol. The van der Waals surface area contributed by atoms with Gasteiger partial charge in [-0.2, -0.15) is 0 Å². The molecular formula is C13H28N2O2. The molecule has 1 amide bonds. The Bertz CT molecular complexity index is 198. The molecule has 2 atom stereocenters. The van der Waals surface area contributed by atoms with Gasteiger partial charge < -0.3 is 16.6 Å². The average Bonchev–Trinajstić information content (AvgIpc) is 2.30. The van der Waals surface area contributed by atoms with Crippen LogP contribution in [0.3, 0.4) is 0 Å². The topological polar surface area (TPSA) is 89.3 Å². The zero-order valence-corrected chi connectivity index (χ0v) is 11.0. The predicted molar refractivity (Wildman–Crippen MR) is 70.4 cm³/mol. The Morgan fingerprint density at radius 3 is 2.29 bits per heavy atom. The zero-order valence-electron chi connectivity index (χ0n) is 11.0. The number of nitrogens with two attached hydrogens (primary N) is 2. The van der Waals surface area contributed by atoms with Crippen molar-refractivity contribution in [3.8, 4) is 0 Å². The number of amides is 1. The lowest BCUT2D eigenvalue weighted by atomic mass is 10.00. The molecule has 0 aromatic heterocycles. The predicted octanol–water partition coefficient (Wildman–Crippen LogP) is 1.69. The van der Waals surface area contributed by atoms with Crippen LogP contribution in [0.4, 0.5) is 0 Å². The largest absolute Gasteiger partial charge is 0.391 e. The molecule has 102 valence electrons. The molecule has 4 nitrogen and oxygen atoms in total. The summed E-state index contributed by atoms with van der Waals surface area (Å²) in [6.07, 6.45) is 8.14. The van der Waals surface area contributed by atoms with E-state index in [1.807, 2.05) is 0 Å². The van der Waals surface area contributed by atoms with E-state index in [9.17, 15) is 9.90 Å². The van der Waals surface area contributed by atoms with Crippen molar-refractivity contribution in [2.75, 3.05) is 0 Å². The summed E-state index contributed by atoms with van der Waals surface area (Å²) in [4.78, 5) is 10.6. The Hall–Kier alpha value is -0.610. The van der Waals surface area contributed by atoms with E-state index in [1.54, 1.807) is 0 Å². The summed E-state index contributed by atoms with van der Waals surface area (Å²) >= 11 is 0. The molecule has 0 bridgehead atoms. The molecule has 2 unspecified atom stereocenters. The molecule has 0 heterocycles. The molecule has 0 aliphatic rings. The summed E-state index contributed by atoms with van der Waals surface area (Å²) in [5.74, 6) is -0.379. The fraction of sp³-hybridized carbons (Fsp3) is 0.923. The first-order valence-corrected chi connectivity index (χ1v) is 6.79. The van der Waals surface area contributed by atoms with Crippen LogP contribution in [0.2, 0.25) is 0 Å². The Morgan fingerprint density at radius 1 is 1.12 bits per heavy atom. The molecule has 0 aromatic rings. The normalized spacial score (nSPS) is 14.5. The van der Waals surface area contributed by atoms with Crippen molar-refractivity contribution in [3.05, 3.63) is 0 Å². The second-order valence-electron chi connectivity index (χ2n) is 4.79. The number of hydrogen-bond acceptors (Lipinski definition) is 3. The van der Waals surface area contributed by atoms with E-state index in [4.69, 9.17) is 11.5 Å². The summed E-state index contributed by atoms with van der Waals surface area (Å²) in [6, 6.07) is -0.222. The SMILES string of the molecule is CCCCCCCCC(N)C(O)CCC(N)=O. The number of primary amides is 1. The highest BCUT2D eigenvalue weighted by Gasteiger charge is 2.14. The standard InChI is InChI=1S/C13H28N2O2/c1-2-3-4-5-6-7-8-11(14)12(16)9-10-13(15)17/h11-12,16H,2-10,14H2,1H3,(H2,15,17). The number of carbonyl (C=O) groups excluding carboxylic acids is 1. The molecule has 0 aliphatic heterocycles. The van der Waals surface area contributed by atoms with Gasteiger partial charge in [-0.15, -0.1) is 0 Å². The Kier molecular flexibility index (Phi) is 10.2. The van der Waals surface area contributed by atoms with E-state index in [-0.39, 0.29) is 18.4 Å². The van der Waals surface area contributed by atoms with Gasteiger partial charge in [-0.05, 0) is 12.8 Å². The third kappa shape index (κ3) is 10.3. The third-order valence-corrected chi connectivity index (χ3v) is 3.07. The van der Waals surface area contributed by atoms with E-state index in [0.717, 1.165) is 12.8 Å². The molecule has 0 fully saturated rings. The quantitative estimate of drug-likeness (QED) is 0.483. The van der Waals surface area contributed by atoms with Crippen LogP contribution in [0.1, 0.15) is 64.7 Å². The van der Waals surface area contributed by atoms with Crippen LogP contribution in [0.15, 0.2) is 0 Å². The minimum absolute atomic E-state index is 0.214. The number of unbranched alkanes of at least 4 members (excludes halogenated alkanes) is 5. The summed E-state index contributed by atoms with van der Waals surface area (Å²) < 4.78 is 0. The number of aliphatic hydroxyl groups excluding tert-OH is 1. The van der Waals surface area contributed by atoms with E-state index in [1.165, 1.54) is 32.1 Å². The van der Waals surface area contributed by atoms with E-state index in [2.05, 4.69) is 6.92 Å². The second-order valence-corrected chi connectivity index (χ2v) is 4.79. The minimum atomic E-state index is -0.599. The maximum absolute atomic E-state index is 10.6. The minimum Gasteiger partial charge on any atom is -0.391 e. The fourth-order valence-corrected chi connectivity index (χ4v) is 1.86. The fourth-order valence-electron chi connectivity index (χ4n) is 1.86. The Labute approximate surface area is 105 Å². The molecule has 5 N–H and O–H groups in total.